The van der Waals surface area contributed by atoms with Gasteiger partial charge >= 0.3 is 0 Å². The van der Waals surface area contributed by atoms with E-state index >= 15 is 0 Å². The van der Waals surface area contributed by atoms with E-state index in [2.05, 4.69) is 15.6 Å². The summed E-state index contributed by atoms with van der Waals surface area (Å²) in [4.78, 5) is 12.3. The second-order valence-electron chi connectivity index (χ2n) is 6.82. The van der Waals surface area contributed by atoms with Gasteiger partial charge in [-0.05, 0) is 42.0 Å². The number of carbonyl (C=O) groups excluding carboxylic acids is 1. The van der Waals surface area contributed by atoms with Crippen molar-refractivity contribution in [1.82, 2.24) is 15.0 Å². The Morgan fingerprint density at radius 2 is 1.83 bits per heavy atom. The van der Waals surface area contributed by atoms with Gasteiger partial charge in [0.15, 0.2) is 0 Å². The van der Waals surface area contributed by atoms with Crippen molar-refractivity contribution in [3.05, 3.63) is 94.9 Å². The molecule has 5 nitrogen and oxygen atoms in total. The summed E-state index contributed by atoms with van der Waals surface area (Å²) in [7, 11) is 0. The van der Waals surface area contributed by atoms with Crippen molar-refractivity contribution in [1.29, 1.82) is 0 Å². The highest BCUT2D eigenvalue weighted by Gasteiger charge is 2.24. The van der Waals surface area contributed by atoms with Gasteiger partial charge < -0.3 is 5.32 Å². The van der Waals surface area contributed by atoms with Gasteiger partial charge in [-0.3, -0.25) is 4.79 Å². The molecular formula is C23H14ClFN4O. The van der Waals surface area contributed by atoms with Crippen molar-refractivity contribution in [3.8, 4) is 16.9 Å². The number of halogens is 2. The van der Waals surface area contributed by atoms with Crippen LogP contribution in [0.15, 0.2) is 72.9 Å². The minimum Gasteiger partial charge on any atom is -0.321 e. The fourth-order valence-corrected chi connectivity index (χ4v) is 3.59. The zero-order chi connectivity index (χ0) is 20.7. The molecule has 4 aromatic rings. The number of nitrogens with zero attached hydrogens (tertiary/aromatic N) is 3. The predicted octanol–water partition coefficient (Wildman–Crippen LogP) is 5.22. The molecule has 1 aromatic heterocycles. The standard InChI is InChI=1S/C23H14ClFN4O/c24-19-3-1-2-4-22(19)29-13-21(27-28-29)15-7-5-14(6-8-15)11-18-17-12-16(25)9-10-20(17)26-23(18)30/h1-13H,(H,26,30). The Bertz CT molecular complexity index is 1310. The van der Waals surface area contributed by atoms with Crippen molar-refractivity contribution >= 4 is 34.8 Å². The van der Waals surface area contributed by atoms with E-state index < -0.39 is 0 Å². The molecule has 0 bridgehead atoms. The topological polar surface area (TPSA) is 59.8 Å². The number of hydrogen-bond donors (Lipinski definition) is 1. The van der Waals surface area contributed by atoms with E-state index in [1.54, 1.807) is 29.1 Å². The Kier molecular flexibility index (Phi) is 4.41. The molecule has 0 unspecified atom stereocenters. The fraction of sp³-hybridized carbons (Fsp3) is 0. The number of rotatable bonds is 3. The molecule has 7 heteroatoms. The second kappa shape index (κ2) is 7.24. The average Bonchev–Trinajstić information content (AvgIpc) is 3.35. The molecule has 1 aliphatic rings. The van der Waals surface area contributed by atoms with E-state index in [1.807, 2.05) is 42.5 Å². The maximum Gasteiger partial charge on any atom is 0.256 e. The van der Waals surface area contributed by atoms with E-state index in [4.69, 9.17) is 11.6 Å². The molecule has 0 aliphatic carbocycles. The van der Waals surface area contributed by atoms with Crippen molar-refractivity contribution in [2.75, 3.05) is 5.32 Å². The van der Waals surface area contributed by atoms with E-state index in [1.165, 1.54) is 12.1 Å². The van der Waals surface area contributed by atoms with E-state index in [0.29, 0.717) is 27.5 Å². The number of aromatic nitrogens is 3. The van der Waals surface area contributed by atoms with Crippen LogP contribution in [0.25, 0.3) is 28.6 Å². The summed E-state index contributed by atoms with van der Waals surface area (Å²) in [5, 5.41) is 11.7. The van der Waals surface area contributed by atoms with E-state index in [0.717, 1.165) is 16.8 Å². The summed E-state index contributed by atoms with van der Waals surface area (Å²) in [5.41, 5.74) is 4.74. The van der Waals surface area contributed by atoms with Crippen LogP contribution >= 0.6 is 11.6 Å². The molecule has 146 valence electrons. The Hall–Kier alpha value is -3.77. The highest BCUT2D eigenvalue weighted by atomic mass is 35.5. The van der Waals surface area contributed by atoms with Crippen LogP contribution < -0.4 is 5.32 Å². The lowest BCUT2D eigenvalue weighted by molar-refractivity contribution is -0.110. The molecule has 0 saturated heterocycles. The quantitative estimate of drug-likeness (QED) is 0.466. The molecule has 1 aliphatic heterocycles. The maximum absolute atomic E-state index is 13.6. The second-order valence-corrected chi connectivity index (χ2v) is 7.23. The van der Waals surface area contributed by atoms with Crippen molar-refractivity contribution in [2.45, 2.75) is 0 Å². The van der Waals surface area contributed by atoms with Gasteiger partial charge in [-0.2, -0.15) is 0 Å². The van der Waals surface area contributed by atoms with Gasteiger partial charge in [0.05, 0.1) is 16.9 Å². The van der Waals surface area contributed by atoms with Crippen LogP contribution in [0.3, 0.4) is 0 Å². The van der Waals surface area contributed by atoms with Gasteiger partial charge in [0, 0.05) is 22.4 Å². The van der Waals surface area contributed by atoms with Crippen LogP contribution in [0.4, 0.5) is 10.1 Å². The van der Waals surface area contributed by atoms with Crippen LogP contribution in [0, 0.1) is 5.82 Å². The lowest BCUT2D eigenvalue weighted by Crippen LogP contribution is -2.03. The Labute approximate surface area is 176 Å². The lowest BCUT2D eigenvalue weighted by Gasteiger charge is -2.02. The zero-order valence-electron chi connectivity index (χ0n) is 15.5. The molecule has 1 N–H and O–H groups in total. The summed E-state index contributed by atoms with van der Waals surface area (Å²) < 4.78 is 15.2. The number of benzene rings is 3. The summed E-state index contributed by atoms with van der Waals surface area (Å²) in [6.45, 7) is 0. The van der Waals surface area contributed by atoms with E-state index in [-0.39, 0.29) is 11.7 Å². The van der Waals surface area contributed by atoms with Gasteiger partial charge in [-0.25, -0.2) is 9.07 Å². The van der Waals surface area contributed by atoms with E-state index in [9.17, 15) is 9.18 Å². The maximum atomic E-state index is 13.6. The van der Waals surface area contributed by atoms with Gasteiger partial charge in [0.1, 0.15) is 11.5 Å². The fourth-order valence-electron chi connectivity index (χ4n) is 3.37. The number of fused-ring (bicyclic) bond motifs is 1. The molecule has 5 rings (SSSR count). The summed E-state index contributed by atoms with van der Waals surface area (Å²) in [6.07, 6.45) is 3.54. The number of anilines is 1. The molecular weight excluding hydrogens is 403 g/mol. The van der Waals surface area contributed by atoms with Gasteiger partial charge in [0.2, 0.25) is 0 Å². The highest BCUT2D eigenvalue weighted by Crippen LogP contribution is 2.33. The van der Waals surface area contributed by atoms with Crippen LogP contribution in [0.1, 0.15) is 11.1 Å². The largest absolute Gasteiger partial charge is 0.321 e. The Morgan fingerprint density at radius 3 is 2.63 bits per heavy atom. The average molecular weight is 417 g/mol. The first-order valence-electron chi connectivity index (χ1n) is 9.19. The normalized spacial score (nSPS) is 14.1. The van der Waals surface area contributed by atoms with Crippen molar-refractivity contribution < 1.29 is 9.18 Å². The summed E-state index contributed by atoms with van der Waals surface area (Å²) >= 11 is 6.22. The minimum absolute atomic E-state index is 0.248. The smallest absolute Gasteiger partial charge is 0.256 e. The summed E-state index contributed by atoms with van der Waals surface area (Å²) in [6, 6.07) is 19.2. The molecule has 2 heterocycles. The number of nitrogens with one attached hydrogen (secondary N) is 1. The highest BCUT2D eigenvalue weighted by molar-refractivity contribution is 6.35. The Balaban J connectivity index is 1.44. The third-order valence-electron chi connectivity index (χ3n) is 4.87. The molecule has 3 aromatic carbocycles. The molecule has 0 radical (unpaired) electrons. The molecule has 0 spiro atoms. The molecule has 0 fully saturated rings. The van der Waals surface area contributed by atoms with Gasteiger partial charge in [-0.15, -0.1) is 5.10 Å². The molecule has 1 amide bonds. The molecule has 0 atom stereocenters. The monoisotopic (exact) mass is 416 g/mol. The third-order valence-corrected chi connectivity index (χ3v) is 5.19. The predicted molar refractivity (Wildman–Crippen MR) is 115 cm³/mol. The molecule has 30 heavy (non-hydrogen) atoms. The third kappa shape index (κ3) is 3.27. The van der Waals surface area contributed by atoms with Gasteiger partial charge in [0.25, 0.3) is 5.91 Å². The number of hydrogen-bond acceptors (Lipinski definition) is 3. The molecule has 0 saturated carbocycles. The Morgan fingerprint density at radius 1 is 1.03 bits per heavy atom. The number of amides is 1. The van der Waals surface area contributed by atoms with Crippen molar-refractivity contribution in [2.24, 2.45) is 0 Å². The lowest BCUT2D eigenvalue weighted by atomic mass is 10.0. The van der Waals surface area contributed by atoms with Crippen molar-refractivity contribution in [3.63, 3.8) is 0 Å². The summed E-state index contributed by atoms with van der Waals surface area (Å²) in [5.74, 6) is -0.629. The van der Waals surface area contributed by atoms with Crippen LogP contribution in [-0.2, 0) is 4.79 Å². The first-order valence-corrected chi connectivity index (χ1v) is 9.57. The van der Waals surface area contributed by atoms with Crippen LogP contribution in [0.5, 0.6) is 0 Å². The first kappa shape index (κ1) is 18.3. The first-order chi connectivity index (χ1) is 14.6. The van der Waals surface area contributed by atoms with Crippen LogP contribution in [-0.4, -0.2) is 20.9 Å². The van der Waals surface area contributed by atoms with Crippen LogP contribution in [0.2, 0.25) is 5.02 Å². The number of para-hydroxylation sites is 1. The zero-order valence-corrected chi connectivity index (χ0v) is 16.3. The van der Waals surface area contributed by atoms with Gasteiger partial charge in [-0.1, -0.05) is 53.2 Å². The minimum atomic E-state index is -0.381. The SMILES string of the molecule is O=C1Nc2ccc(F)cc2C1=Cc1ccc(-c2cn(-c3ccccc3Cl)nn2)cc1. The number of carbonyl (C=O) groups is 1.